The number of nitrogens with one attached hydrogen (secondary N) is 2. The minimum absolute atomic E-state index is 0.281. The Kier molecular flexibility index (Phi) is 9.30. The number of allylic oxidation sites excluding steroid dienone is 1. The first-order valence-corrected chi connectivity index (χ1v) is 15.9. The van der Waals surface area contributed by atoms with Crippen LogP contribution in [0.5, 0.6) is 11.5 Å². The Bertz CT molecular complexity index is 1860. The van der Waals surface area contributed by atoms with Gasteiger partial charge in [0.2, 0.25) is 11.1 Å². The van der Waals surface area contributed by atoms with Crippen molar-refractivity contribution in [3.8, 4) is 11.5 Å². The third-order valence-electron chi connectivity index (χ3n) is 7.25. The molecule has 1 aromatic heterocycles. The third kappa shape index (κ3) is 6.96. The van der Waals surface area contributed by atoms with Gasteiger partial charge in [0, 0.05) is 27.1 Å². The summed E-state index contributed by atoms with van der Waals surface area (Å²) in [7, 11) is 1.57. The van der Waals surface area contributed by atoms with Gasteiger partial charge in [0.25, 0.3) is 5.91 Å². The largest absolute Gasteiger partial charge is 0.495 e. The molecule has 0 saturated heterocycles. The molecule has 0 spiro atoms. The van der Waals surface area contributed by atoms with Crippen LogP contribution in [-0.4, -0.2) is 27.8 Å². The zero-order valence-corrected chi connectivity index (χ0v) is 26.8. The van der Waals surface area contributed by atoms with Crippen molar-refractivity contribution in [1.29, 1.82) is 0 Å². The molecule has 228 valence electrons. The van der Waals surface area contributed by atoms with E-state index in [0.29, 0.717) is 55.4 Å². The van der Waals surface area contributed by atoms with Crippen molar-refractivity contribution in [2.45, 2.75) is 30.5 Å². The van der Waals surface area contributed by atoms with Gasteiger partial charge in [-0.3, -0.25) is 4.79 Å². The van der Waals surface area contributed by atoms with E-state index < -0.39 is 6.04 Å². The van der Waals surface area contributed by atoms with Crippen LogP contribution in [-0.2, 0) is 17.2 Å². The lowest BCUT2D eigenvalue weighted by Gasteiger charge is -2.29. The number of hydrogen-bond donors (Lipinski definition) is 2. The first-order valence-electron chi connectivity index (χ1n) is 14.1. The molecule has 1 amide bonds. The van der Waals surface area contributed by atoms with Crippen molar-refractivity contribution >= 4 is 52.5 Å². The summed E-state index contributed by atoms with van der Waals surface area (Å²) in [4.78, 5) is 18.7. The molecule has 1 aliphatic rings. The van der Waals surface area contributed by atoms with Crippen molar-refractivity contribution < 1.29 is 14.3 Å². The first kappa shape index (κ1) is 30.6. The lowest BCUT2D eigenvalue weighted by molar-refractivity contribution is -0.113. The molecule has 0 bridgehead atoms. The van der Waals surface area contributed by atoms with Crippen LogP contribution < -0.4 is 20.1 Å². The molecule has 0 radical (unpaired) electrons. The number of nitrogens with zero attached hydrogens (tertiary/aromatic N) is 3. The number of fused-ring (bicyclic) bond motifs is 1. The molecule has 6 rings (SSSR count). The topological polar surface area (TPSA) is 90.3 Å². The summed E-state index contributed by atoms with van der Waals surface area (Å²) in [6, 6.07) is 29.8. The quantitative estimate of drug-likeness (QED) is 0.146. The molecule has 4 aromatic carbocycles. The van der Waals surface area contributed by atoms with Crippen LogP contribution in [0.15, 0.2) is 113 Å². The van der Waals surface area contributed by atoms with Gasteiger partial charge in [0.15, 0.2) is 0 Å². The molecular weight excluding hydrogens is 629 g/mol. The van der Waals surface area contributed by atoms with Crippen LogP contribution in [0.25, 0.3) is 0 Å². The SMILES string of the molecule is COc1ccccc1NC(=O)C1=C(C)Nc2nc(SCc3ccccc3)nn2C1c1ccc(OCc2ccc(Cl)cc2Cl)cc1. The second-order valence-electron chi connectivity index (χ2n) is 10.3. The van der Waals surface area contributed by atoms with Crippen LogP contribution in [0, 0.1) is 0 Å². The molecule has 1 atom stereocenters. The average Bonchev–Trinajstić information content (AvgIpc) is 3.46. The minimum Gasteiger partial charge on any atom is -0.495 e. The van der Waals surface area contributed by atoms with E-state index >= 15 is 0 Å². The Hall–Kier alpha value is -4.44. The van der Waals surface area contributed by atoms with E-state index in [1.807, 2.05) is 67.6 Å². The highest BCUT2D eigenvalue weighted by Crippen LogP contribution is 2.38. The van der Waals surface area contributed by atoms with Crippen LogP contribution in [0.1, 0.15) is 29.7 Å². The number of methoxy groups -OCH3 is 1. The number of rotatable bonds is 10. The summed E-state index contributed by atoms with van der Waals surface area (Å²) in [5, 5.41) is 12.9. The fourth-order valence-electron chi connectivity index (χ4n) is 5.00. The molecule has 5 aromatic rings. The van der Waals surface area contributed by atoms with Gasteiger partial charge in [-0.25, -0.2) is 4.68 Å². The molecule has 8 nitrogen and oxygen atoms in total. The number of ether oxygens (including phenoxy) is 2. The van der Waals surface area contributed by atoms with E-state index in [1.54, 1.807) is 36.1 Å². The second-order valence-corrected chi connectivity index (χ2v) is 12.0. The highest BCUT2D eigenvalue weighted by molar-refractivity contribution is 7.98. The number of hydrogen-bond acceptors (Lipinski definition) is 7. The van der Waals surface area contributed by atoms with Crippen molar-refractivity contribution in [2.75, 3.05) is 17.7 Å². The van der Waals surface area contributed by atoms with Crippen LogP contribution in [0.3, 0.4) is 0 Å². The van der Waals surface area contributed by atoms with Gasteiger partial charge in [-0.1, -0.05) is 95.6 Å². The van der Waals surface area contributed by atoms with Crippen molar-refractivity contribution in [3.63, 3.8) is 0 Å². The lowest BCUT2D eigenvalue weighted by Crippen LogP contribution is -2.31. The van der Waals surface area contributed by atoms with Crippen molar-refractivity contribution in [2.24, 2.45) is 0 Å². The fourth-order valence-corrected chi connectivity index (χ4v) is 6.25. The molecule has 11 heteroatoms. The normalized spacial score (nSPS) is 14.0. The minimum atomic E-state index is -0.561. The van der Waals surface area contributed by atoms with E-state index in [2.05, 4.69) is 22.8 Å². The van der Waals surface area contributed by atoms with Gasteiger partial charge in [0.05, 0.1) is 18.4 Å². The van der Waals surface area contributed by atoms with Crippen molar-refractivity contribution in [3.05, 3.63) is 135 Å². The Morgan fingerprint density at radius 3 is 2.51 bits per heavy atom. The highest BCUT2D eigenvalue weighted by atomic mass is 35.5. The van der Waals surface area contributed by atoms with E-state index in [-0.39, 0.29) is 12.5 Å². The summed E-state index contributed by atoms with van der Waals surface area (Å²) in [5.41, 5.74) is 4.57. The van der Waals surface area contributed by atoms with Gasteiger partial charge < -0.3 is 20.1 Å². The first-order chi connectivity index (χ1) is 21.9. The second kappa shape index (κ2) is 13.7. The standard InChI is InChI=1S/C34H29Cl2N5O3S/c1-21-30(32(42)38-28-10-6-7-11-29(28)43-2)31(41-33(37-21)39-34(40-41)45-20-22-8-4-3-5-9-22)23-13-16-26(17-14-23)44-19-24-12-15-25(35)18-27(24)36/h3-18,31H,19-20H2,1-2H3,(H,38,42)(H,37,39,40). The summed E-state index contributed by atoms with van der Waals surface area (Å²) in [6.07, 6.45) is 0. The Balaban J connectivity index is 1.30. The summed E-state index contributed by atoms with van der Waals surface area (Å²) < 4.78 is 13.3. The van der Waals surface area contributed by atoms with Gasteiger partial charge in [0.1, 0.15) is 24.1 Å². The van der Waals surface area contributed by atoms with Gasteiger partial charge in [-0.05, 0) is 54.4 Å². The average molecular weight is 659 g/mol. The summed E-state index contributed by atoms with van der Waals surface area (Å²) >= 11 is 13.9. The molecule has 1 unspecified atom stereocenters. The number of para-hydroxylation sites is 2. The van der Waals surface area contributed by atoms with Crippen molar-refractivity contribution in [1.82, 2.24) is 14.8 Å². The summed E-state index contributed by atoms with van der Waals surface area (Å²) in [6.45, 7) is 2.15. The zero-order chi connectivity index (χ0) is 31.3. The number of aromatic nitrogens is 3. The summed E-state index contributed by atoms with van der Waals surface area (Å²) in [5.74, 6) is 2.20. The van der Waals surface area contributed by atoms with E-state index in [1.165, 1.54) is 17.3 Å². The Morgan fingerprint density at radius 1 is 1.00 bits per heavy atom. The van der Waals surface area contributed by atoms with E-state index in [4.69, 9.17) is 42.8 Å². The number of amides is 1. The molecule has 2 heterocycles. The van der Waals surface area contributed by atoms with Crippen LogP contribution in [0.2, 0.25) is 10.0 Å². The van der Waals surface area contributed by atoms with Gasteiger partial charge >= 0.3 is 0 Å². The molecule has 0 saturated carbocycles. The maximum absolute atomic E-state index is 14.0. The lowest BCUT2D eigenvalue weighted by atomic mass is 9.95. The van der Waals surface area contributed by atoms with Crippen LogP contribution in [0.4, 0.5) is 11.6 Å². The monoisotopic (exact) mass is 657 g/mol. The number of halogens is 2. The number of benzene rings is 4. The predicted molar refractivity (Wildman–Crippen MR) is 179 cm³/mol. The van der Waals surface area contributed by atoms with Crippen LogP contribution >= 0.6 is 35.0 Å². The Morgan fingerprint density at radius 2 is 1.76 bits per heavy atom. The number of anilines is 2. The smallest absolute Gasteiger partial charge is 0.255 e. The number of thioether (sulfide) groups is 1. The molecule has 1 aliphatic heterocycles. The molecular formula is C34H29Cl2N5O3S. The highest BCUT2D eigenvalue weighted by Gasteiger charge is 2.34. The predicted octanol–water partition coefficient (Wildman–Crippen LogP) is 8.39. The van der Waals surface area contributed by atoms with Gasteiger partial charge in [-0.15, -0.1) is 5.10 Å². The number of carbonyl (C=O) groups excluding carboxylic acids is 1. The van der Waals surface area contributed by atoms with Gasteiger partial charge in [-0.2, -0.15) is 4.98 Å². The van der Waals surface area contributed by atoms with E-state index in [0.717, 1.165) is 11.1 Å². The zero-order valence-electron chi connectivity index (χ0n) is 24.5. The molecule has 45 heavy (non-hydrogen) atoms. The molecule has 2 N–H and O–H groups in total. The number of carbonyl (C=O) groups is 1. The maximum Gasteiger partial charge on any atom is 0.255 e. The Labute approximate surface area is 275 Å². The fraction of sp³-hybridized carbons (Fsp3) is 0.147. The molecule has 0 aliphatic carbocycles. The molecule has 0 fully saturated rings. The maximum atomic E-state index is 14.0. The third-order valence-corrected chi connectivity index (χ3v) is 8.74. The van der Waals surface area contributed by atoms with E-state index in [9.17, 15) is 4.79 Å².